The molecule has 4 heteroatoms. The van der Waals surface area contributed by atoms with E-state index in [1.165, 1.54) is 0 Å². The summed E-state index contributed by atoms with van der Waals surface area (Å²) in [5, 5.41) is 12.6. The van der Waals surface area contributed by atoms with Crippen LogP contribution in [0, 0.1) is 5.92 Å². The molecule has 0 aliphatic carbocycles. The zero-order valence-corrected chi connectivity index (χ0v) is 10.8. The van der Waals surface area contributed by atoms with Gasteiger partial charge in [0.2, 0.25) is 0 Å². The van der Waals surface area contributed by atoms with E-state index in [1.807, 2.05) is 14.0 Å². The van der Waals surface area contributed by atoms with Gasteiger partial charge in [0.1, 0.15) is 0 Å². The molecule has 1 saturated heterocycles. The molecule has 1 heterocycles. The minimum Gasteiger partial charge on any atom is -0.393 e. The van der Waals surface area contributed by atoms with E-state index in [0.29, 0.717) is 12.0 Å². The van der Waals surface area contributed by atoms with Crippen LogP contribution in [0.1, 0.15) is 19.8 Å². The van der Waals surface area contributed by atoms with Crippen LogP contribution in [0.25, 0.3) is 0 Å². The Hall–Kier alpha value is -0.160. The van der Waals surface area contributed by atoms with Crippen molar-refractivity contribution in [3.8, 4) is 0 Å². The van der Waals surface area contributed by atoms with Crippen LogP contribution in [-0.4, -0.2) is 62.6 Å². The lowest BCUT2D eigenvalue weighted by molar-refractivity contribution is 0.0203. The standard InChI is InChI=1S/C12H26N2O2/c1-10(15)4-6-14(3)8-11-9-16-7-5-12(11)13-2/h10-13,15H,4-9H2,1-3H3. The van der Waals surface area contributed by atoms with Gasteiger partial charge in [-0.1, -0.05) is 0 Å². The van der Waals surface area contributed by atoms with Gasteiger partial charge in [-0.2, -0.15) is 0 Å². The van der Waals surface area contributed by atoms with Crippen LogP contribution in [0.4, 0.5) is 0 Å². The fourth-order valence-electron chi connectivity index (χ4n) is 2.26. The molecule has 0 spiro atoms. The molecule has 1 rings (SSSR count). The molecule has 4 nitrogen and oxygen atoms in total. The third kappa shape index (κ3) is 4.78. The summed E-state index contributed by atoms with van der Waals surface area (Å²) < 4.78 is 5.52. The summed E-state index contributed by atoms with van der Waals surface area (Å²) in [5.41, 5.74) is 0. The quantitative estimate of drug-likeness (QED) is 0.689. The van der Waals surface area contributed by atoms with Gasteiger partial charge >= 0.3 is 0 Å². The summed E-state index contributed by atoms with van der Waals surface area (Å²) in [4.78, 5) is 2.29. The van der Waals surface area contributed by atoms with E-state index in [1.54, 1.807) is 0 Å². The first-order chi connectivity index (χ1) is 7.63. The van der Waals surface area contributed by atoms with Crippen LogP contribution in [-0.2, 0) is 4.74 Å². The Balaban J connectivity index is 2.27. The summed E-state index contributed by atoms with van der Waals surface area (Å²) in [7, 11) is 4.14. The number of nitrogens with zero attached hydrogens (tertiary/aromatic N) is 1. The highest BCUT2D eigenvalue weighted by Crippen LogP contribution is 2.15. The zero-order chi connectivity index (χ0) is 12.0. The molecule has 1 aliphatic rings. The number of aliphatic hydroxyl groups is 1. The normalized spacial score (nSPS) is 28.3. The summed E-state index contributed by atoms with van der Waals surface area (Å²) in [6.07, 6.45) is 1.74. The van der Waals surface area contributed by atoms with Crippen molar-refractivity contribution in [3.63, 3.8) is 0 Å². The zero-order valence-electron chi connectivity index (χ0n) is 10.8. The van der Waals surface area contributed by atoms with Gasteiger partial charge < -0.3 is 20.1 Å². The minimum atomic E-state index is -0.204. The molecule has 0 aromatic heterocycles. The van der Waals surface area contributed by atoms with Crippen LogP contribution >= 0.6 is 0 Å². The maximum absolute atomic E-state index is 9.24. The van der Waals surface area contributed by atoms with E-state index in [9.17, 15) is 5.11 Å². The van der Waals surface area contributed by atoms with E-state index in [-0.39, 0.29) is 6.10 Å². The van der Waals surface area contributed by atoms with Crippen molar-refractivity contribution < 1.29 is 9.84 Å². The van der Waals surface area contributed by atoms with Crippen molar-refractivity contribution in [2.24, 2.45) is 5.92 Å². The van der Waals surface area contributed by atoms with Crippen LogP contribution in [0.15, 0.2) is 0 Å². The highest BCUT2D eigenvalue weighted by atomic mass is 16.5. The Morgan fingerprint density at radius 2 is 2.31 bits per heavy atom. The molecular weight excluding hydrogens is 204 g/mol. The molecule has 0 aromatic carbocycles. The lowest BCUT2D eigenvalue weighted by atomic mass is 9.95. The third-order valence-electron chi connectivity index (χ3n) is 3.32. The molecule has 16 heavy (non-hydrogen) atoms. The van der Waals surface area contributed by atoms with Gasteiger partial charge in [0.15, 0.2) is 0 Å². The van der Waals surface area contributed by atoms with Gasteiger partial charge in [-0.15, -0.1) is 0 Å². The van der Waals surface area contributed by atoms with Gasteiger partial charge in [-0.3, -0.25) is 0 Å². The van der Waals surface area contributed by atoms with Crippen LogP contribution in [0.2, 0.25) is 0 Å². The molecule has 2 N–H and O–H groups in total. The molecule has 0 amide bonds. The predicted molar refractivity (Wildman–Crippen MR) is 65.6 cm³/mol. The first-order valence-electron chi connectivity index (χ1n) is 6.25. The molecule has 0 radical (unpaired) electrons. The molecule has 96 valence electrons. The van der Waals surface area contributed by atoms with E-state index < -0.39 is 0 Å². The Bertz CT molecular complexity index is 188. The molecule has 3 atom stereocenters. The van der Waals surface area contributed by atoms with Gasteiger partial charge in [-0.05, 0) is 33.9 Å². The smallest absolute Gasteiger partial charge is 0.0524 e. The third-order valence-corrected chi connectivity index (χ3v) is 3.32. The summed E-state index contributed by atoms with van der Waals surface area (Å²) >= 11 is 0. The Labute approximate surface area is 99.0 Å². The molecule has 0 bridgehead atoms. The topological polar surface area (TPSA) is 44.7 Å². The minimum absolute atomic E-state index is 0.204. The fraction of sp³-hybridized carbons (Fsp3) is 1.00. The summed E-state index contributed by atoms with van der Waals surface area (Å²) in [5.74, 6) is 0.567. The number of hydrogen-bond acceptors (Lipinski definition) is 4. The maximum Gasteiger partial charge on any atom is 0.0524 e. The highest BCUT2D eigenvalue weighted by Gasteiger charge is 2.25. The number of rotatable bonds is 6. The summed E-state index contributed by atoms with van der Waals surface area (Å²) in [6, 6.07) is 0.572. The molecule has 0 aromatic rings. The van der Waals surface area contributed by atoms with Gasteiger partial charge in [0.25, 0.3) is 0 Å². The monoisotopic (exact) mass is 230 g/mol. The van der Waals surface area contributed by atoms with Gasteiger partial charge in [-0.25, -0.2) is 0 Å². The average Bonchev–Trinajstić information content (AvgIpc) is 2.27. The lowest BCUT2D eigenvalue weighted by Crippen LogP contribution is -2.46. The van der Waals surface area contributed by atoms with Gasteiger partial charge in [0, 0.05) is 31.7 Å². The summed E-state index contributed by atoms with van der Waals surface area (Å²) in [6.45, 7) is 5.56. The van der Waals surface area contributed by atoms with Crippen LogP contribution in [0.3, 0.4) is 0 Å². The number of ether oxygens (including phenoxy) is 1. The second-order valence-corrected chi connectivity index (χ2v) is 4.92. The van der Waals surface area contributed by atoms with E-state index in [4.69, 9.17) is 4.74 Å². The largest absolute Gasteiger partial charge is 0.393 e. The SMILES string of the molecule is CNC1CCOCC1CN(C)CCC(C)O. The number of hydrogen-bond donors (Lipinski definition) is 2. The lowest BCUT2D eigenvalue weighted by Gasteiger charge is -2.34. The Kier molecular flexibility index (Phi) is 6.28. The number of nitrogens with one attached hydrogen (secondary N) is 1. The molecule has 1 aliphatic heterocycles. The van der Waals surface area contributed by atoms with Crippen molar-refractivity contribution in [2.75, 3.05) is 40.4 Å². The van der Waals surface area contributed by atoms with Crippen molar-refractivity contribution >= 4 is 0 Å². The molecule has 3 unspecified atom stereocenters. The van der Waals surface area contributed by atoms with Crippen molar-refractivity contribution in [1.82, 2.24) is 10.2 Å². The van der Waals surface area contributed by atoms with Crippen LogP contribution < -0.4 is 5.32 Å². The van der Waals surface area contributed by atoms with E-state index in [2.05, 4.69) is 17.3 Å². The van der Waals surface area contributed by atoms with Crippen molar-refractivity contribution in [1.29, 1.82) is 0 Å². The van der Waals surface area contributed by atoms with E-state index in [0.717, 1.165) is 39.1 Å². The van der Waals surface area contributed by atoms with Crippen molar-refractivity contribution in [3.05, 3.63) is 0 Å². The first-order valence-corrected chi connectivity index (χ1v) is 6.25. The second kappa shape index (κ2) is 7.22. The van der Waals surface area contributed by atoms with Gasteiger partial charge in [0.05, 0.1) is 12.7 Å². The maximum atomic E-state index is 9.24. The Morgan fingerprint density at radius 3 is 2.94 bits per heavy atom. The predicted octanol–water partition coefficient (Wildman–Crippen LogP) is 0.314. The van der Waals surface area contributed by atoms with Crippen molar-refractivity contribution in [2.45, 2.75) is 31.9 Å². The highest BCUT2D eigenvalue weighted by molar-refractivity contribution is 4.80. The molecule has 0 saturated carbocycles. The average molecular weight is 230 g/mol. The second-order valence-electron chi connectivity index (χ2n) is 4.92. The fourth-order valence-corrected chi connectivity index (χ4v) is 2.26. The number of aliphatic hydroxyl groups excluding tert-OH is 1. The molecule has 1 fully saturated rings. The van der Waals surface area contributed by atoms with Crippen LogP contribution in [0.5, 0.6) is 0 Å². The van der Waals surface area contributed by atoms with E-state index >= 15 is 0 Å². The first kappa shape index (κ1) is 13.9. The Morgan fingerprint density at radius 1 is 1.56 bits per heavy atom. The molecular formula is C12H26N2O2.